The third-order valence-corrected chi connectivity index (χ3v) is 6.81. The van der Waals surface area contributed by atoms with Crippen molar-refractivity contribution in [3.8, 4) is 0 Å². The lowest BCUT2D eigenvalue weighted by Crippen LogP contribution is -2.53. The predicted octanol–water partition coefficient (Wildman–Crippen LogP) is 2.43. The number of aromatic nitrogens is 1. The second-order valence-electron chi connectivity index (χ2n) is 9.19. The van der Waals surface area contributed by atoms with Crippen molar-refractivity contribution >= 4 is 46.2 Å². The maximum absolute atomic E-state index is 13.8. The van der Waals surface area contributed by atoms with E-state index in [4.69, 9.17) is 16.3 Å². The van der Waals surface area contributed by atoms with Gasteiger partial charge in [-0.25, -0.2) is 9.18 Å². The zero-order chi connectivity index (χ0) is 25.1. The predicted molar refractivity (Wildman–Crippen MR) is 126 cm³/mol. The minimum Gasteiger partial charge on any atom is -0.467 e. The summed E-state index contributed by atoms with van der Waals surface area (Å²) in [6, 6.07) is 2.18. The second kappa shape index (κ2) is 10.6. The monoisotopic (exact) mass is 506 g/mol. The first-order chi connectivity index (χ1) is 16.7. The first kappa shape index (κ1) is 25.0. The van der Waals surface area contributed by atoms with Crippen molar-refractivity contribution in [1.29, 1.82) is 0 Å². The number of carbonyl (C=O) groups excluding carboxylic acids is 4. The highest BCUT2D eigenvalue weighted by atomic mass is 35.5. The number of H-pyrrole nitrogens is 1. The van der Waals surface area contributed by atoms with Crippen molar-refractivity contribution in [2.75, 3.05) is 13.7 Å². The summed E-state index contributed by atoms with van der Waals surface area (Å²) in [7, 11) is 1.22. The Morgan fingerprint density at radius 2 is 1.91 bits per heavy atom. The van der Waals surface area contributed by atoms with Crippen LogP contribution in [0.4, 0.5) is 4.39 Å². The third kappa shape index (κ3) is 6.11. The molecule has 4 rings (SSSR count). The number of methoxy groups -OCH3 is 1. The van der Waals surface area contributed by atoms with Crippen LogP contribution in [-0.2, 0) is 19.1 Å². The first-order valence-corrected chi connectivity index (χ1v) is 12.1. The summed E-state index contributed by atoms with van der Waals surface area (Å²) < 4.78 is 18.6. The Morgan fingerprint density at radius 3 is 2.60 bits per heavy atom. The van der Waals surface area contributed by atoms with E-state index in [-0.39, 0.29) is 23.0 Å². The Hall–Kier alpha value is -3.14. The highest BCUT2D eigenvalue weighted by Crippen LogP contribution is 2.34. The molecule has 3 atom stereocenters. The Labute approximate surface area is 206 Å². The average Bonchev–Trinajstić information content (AvgIpc) is 3.56. The first-order valence-electron chi connectivity index (χ1n) is 11.7. The molecule has 2 aromatic rings. The SMILES string of the molecule is COC(=O)C(C[C@@H]1CCCNC1=O)NC(=O)C(CC1CC1)NC(=O)c1cc2cc(F)c(Cl)cc2[nH]1. The van der Waals surface area contributed by atoms with Gasteiger partial charge in [0.15, 0.2) is 0 Å². The van der Waals surface area contributed by atoms with Gasteiger partial charge in [-0.15, -0.1) is 0 Å². The number of rotatable bonds is 9. The molecule has 0 spiro atoms. The number of nitrogens with one attached hydrogen (secondary N) is 4. The van der Waals surface area contributed by atoms with Gasteiger partial charge in [0.1, 0.15) is 23.6 Å². The molecule has 1 aliphatic heterocycles. The van der Waals surface area contributed by atoms with Crippen LogP contribution in [0.15, 0.2) is 18.2 Å². The summed E-state index contributed by atoms with van der Waals surface area (Å²) in [5.74, 6) is -2.59. The number of ether oxygens (including phenoxy) is 1. The van der Waals surface area contributed by atoms with Gasteiger partial charge in [-0.2, -0.15) is 0 Å². The van der Waals surface area contributed by atoms with E-state index in [9.17, 15) is 23.6 Å². The number of benzene rings is 1. The van der Waals surface area contributed by atoms with E-state index in [1.807, 2.05) is 0 Å². The molecule has 1 aromatic carbocycles. The fourth-order valence-electron chi connectivity index (χ4n) is 4.38. The highest BCUT2D eigenvalue weighted by molar-refractivity contribution is 6.31. The topological polar surface area (TPSA) is 129 Å². The summed E-state index contributed by atoms with van der Waals surface area (Å²) >= 11 is 5.82. The Kier molecular flexibility index (Phi) is 7.59. The number of carbonyl (C=O) groups is 4. The largest absolute Gasteiger partial charge is 0.467 e. The molecule has 0 radical (unpaired) electrons. The van der Waals surface area contributed by atoms with Crippen LogP contribution in [0.5, 0.6) is 0 Å². The molecule has 11 heteroatoms. The van der Waals surface area contributed by atoms with Gasteiger partial charge in [0.25, 0.3) is 5.91 Å². The van der Waals surface area contributed by atoms with Crippen LogP contribution in [0.1, 0.15) is 49.0 Å². The zero-order valence-electron chi connectivity index (χ0n) is 19.3. The molecule has 188 valence electrons. The lowest BCUT2D eigenvalue weighted by atomic mass is 9.91. The lowest BCUT2D eigenvalue weighted by Gasteiger charge is -2.27. The van der Waals surface area contributed by atoms with Gasteiger partial charge in [0.05, 0.1) is 12.1 Å². The smallest absolute Gasteiger partial charge is 0.328 e. The second-order valence-corrected chi connectivity index (χ2v) is 9.60. The molecule has 2 unspecified atom stereocenters. The summed E-state index contributed by atoms with van der Waals surface area (Å²) in [5.41, 5.74) is 0.639. The molecule has 35 heavy (non-hydrogen) atoms. The van der Waals surface area contributed by atoms with E-state index in [0.717, 1.165) is 19.3 Å². The molecule has 1 saturated carbocycles. The number of aromatic amines is 1. The van der Waals surface area contributed by atoms with Gasteiger partial charge in [0.2, 0.25) is 11.8 Å². The number of esters is 1. The van der Waals surface area contributed by atoms with Crippen molar-refractivity contribution < 1.29 is 28.3 Å². The van der Waals surface area contributed by atoms with Crippen molar-refractivity contribution in [1.82, 2.24) is 20.9 Å². The molecule has 1 aliphatic carbocycles. The Balaban J connectivity index is 1.47. The standard InChI is InChI=1S/C24H28ClFN4O5/c1-35-24(34)20(9-13-3-2-6-27-21(13)31)30-22(32)18(7-12-4-5-12)29-23(33)19-10-14-8-16(26)15(25)11-17(14)28-19/h8,10-13,18,20,28H,2-7,9H2,1H3,(H,27,31)(H,29,33)(H,30,32)/t13-,18?,20?/m0/s1. The van der Waals surface area contributed by atoms with Crippen LogP contribution < -0.4 is 16.0 Å². The van der Waals surface area contributed by atoms with E-state index in [0.29, 0.717) is 36.2 Å². The number of halogens is 2. The minimum absolute atomic E-state index is 0.0715. The number of fused-ring (bicyclic) bond motifs is 1. The van der Waals surface area contributed by atoms with Gasteiger partial charge in [-0.05, 0) is 49.8 Å². The zero-order valence-corrected chi connectivity index (χ0v) is 20.0. The van der Waals surface area contributed by atoms with Crippen LogP contribution in [0.25, 0.3) is 10.9 Å². The summed E-state index contributed by atoms with van der Waals surface area (Å²) in [6.07, 6.45) is 3.83. The fraction of sp³-hybridized carbons (Fsp3) is 0.500. The quantitative estimate of drug-likeness (QED) is 0.388. The van der Waals surface area contributed by atoms with Crippen LogP contribution in [0.2, 0.25) is 5.02 Å². The Bertz CT molecular complexity index is 1110. The fourth-order valence-corrected chi connectivity index (χ4v) is 4.54. The summed E-state index contributed by atoms with van der Waals surface area (Å²) in [6.45, 7) is 0.590. The van der Waals surface area contributed by atoms with Crippen molar-refractivity contribution in [3.63, 3.8) is 0 Å². The molecule has 0 bridgehead atoms. The van der Waals surface area contributed by atoms with Gasteiger partial charge in [-0.1, -0.05) is 24.4 Å². The van der Waals surface area contributed by atoms with E-state index in [1.165, 1.54) is 25.3 Å². The average molecular weight is 507 g/mol. The van der Waals surface area contributed by atoms with Crippen LogP contribution in [0, 0.1) is 17.7 Å². The van der Waals surface area contributed by atoms with E-state index >= 15 is 0 Å². The molecule has 1 aromatic heterocycles. The van der Waals surface area contributed by atoms with Crippen LogP contribution in [-0.4, -0.2) is 54.4 Å². The van der Waals surface area contributed by atoms with Crippen molar-refractivity contribution in [3.05, 3.63) is 34.7 Å². The van der Waals surface area contributed by atoms with Crippen LogP contribution >= 0.6 is 11.6 Å². The molecular formula is C24H28ClFN4O5. The molecule has 4 N–H and O–H groups in total. The number of hydrogen-bond donors (Lipinski definition) is 4. The number of amides is 3. The van der Waals surface area contributed by atoms with E-state index in [1.54, 1.807) is 0 Å². The molecule has 2 aliphatic rings. The maximum Gasteiger partial charge on any atom is 0.328 e. The molecule has 9 nitrogen and oxygen atoms in total. The third-order valence-electron chi connectivity index (χ3n) is 6.52. The van der Waals surface area contributed by atoms with Crippen molar-refractivity contribution in [2.24, 2.45) is 11.8 Å². The van der Waals surface area contributed by atoms with E-state index in [2.05, 4.69) is 20.9 Å². The molecular weight excluding hydrogens is 479 g/mol. The maximum atomic E-state index is 13.8. The minimum atomic E-state index is -1.02. The normalized spacial score (nSPS) is 19.5. The van der Waals surface area contributed by atoms with Gasteiger partial charge >= 0.3 is 5.97 Å². The number of hydrogen-bond acceptors (Lipinski definition) is 5. The molecule has 2 fully saturated rings. The van der Waals surface area contributed by atoms with Gasteiger partial charge in [0, 0.05) is 23.4 Å². The van der Waals surface area contributed by atoms with Gasteiger partial charge < -0.3 is 25.7 Å². The van der Waals surface area contributed by atoms with Crippen molar-refractivity contribution in [2.45, 2.75) is 50.6 Å². The van der Waals surface area contributed by atoms with Gasteiger partial charge in [-0.3, -0.25) is 14.4 Å². The molecule has 1 saturated heterocycles. The molecule has 3 amide bonds. The Morgan fingerprint density at radius 1 is 1.14 bits per heavy atom. The number of piperidine rings is 1. The van der Waals surface area contributed by atoms with E-state index < -0.39 is 41.6 Å². The lowest BCUT2D eigenvalue weighted by molar-refractivity contribution is -0.146. The summed E-state index contributed by atoms with van der Waals surface area (Å²) in [5, 5.41) is 8.58. The molecule has 2 heterocycles. The summed E-state index contributed by atoms with van der Waals surface area (Å²) in [4.78, 5) is 53.6. The highest BCUT2D eigenvalue weighted by Gasteiger charge is 2.35. The van der Waals surface area contributed by atoms with Crippen LogP contribution in [0.3, 0.4) is 0 Å².